The second-order valence-corrected chi connectivity index (χ2v) is 5.00. The molecule has 1 aliphatic rings. The van der Waals surface area contributed by atoms with E-state index in [0.29, 0.717) is 0 Å². The van der Waals surface area contributed by atoms with Gasteiger partial charge in [0.15, 0.2) is 0 Å². The van der Waals surface area contributed by atoms with Gasteiger partial charge in [-0.1, -0.05) is 31.2 Å². The fourth-order valence-electron chi connectivity index (χ4n) is 2.25. The molecule has 1 aliphatic heterocycles. The van der Waals surface area contributed by atoms with Crippen LogP contribution in [-0.4, -0.2) is 18.0 Å². The van der Waals surface area contributed by atoms with Crippen LogP contribution >= 0.6 is 0 Å². The number of benzene rings is 1. The zero-order valence-corrected chi connectivity index (χ0v) is 10.2. The summed E-state index contributed by atoms with van der Waals surface area (Å²) in [5.74, 6) is 0.826. The van der Waals surface area contributed by atoms with Gasteiger partial charge in [0.2, 0.25) is 0 Å². The maximum Gasteiger partial charge on any atom is 0.263 e. The molecule has 0 aliphatic carbocycles. The van der Waals surface area contributed by atoms with Gasteiger partial charge >= 0.3 is 0 Å². The van der Waals surface area contributed by atoms with Crippen molar-refractivity contribution in [1.29, 1.82) is 0 Å². The molecule has 0 N–H and O–H groups in total. The van der Waals surface area contributed by atoms with E-state index in [9.17, 15) is 8.78 Å². The van der Waals surface area contributed by atoms with Gasteiger partial charge in [0.05, 0.1) is 0 Å². The first-order valence-corrected chi connectivity index (χ1v) is 6.24. The summed E-state index contributed by atoms with van der Waals surface area (Å²) in [4.78, 5) is 2.40. The Hall–Kier alpha value is -0.960. The molecule has 0 amide bonds. The van der Waals surface area contributed by atoms with E-state index in [1.165, 1.54) is 25.0 Å². The van der Waals surface area contributed by atoms with E-state index in [4.69, 9.17) is 0 Å². The number of alkyl halides is 2. The molecular formula is C14H19F2N. The predicted molar refractivity (Wildman–Crippen MR) is 65.1 cm³/mol. The van der Waals surface area contributed by atoms with Gasteiger partial charge in [-0.3, -0.25) is 4.90 Å². The number of halogens is 2. The minimum Gasteiger partial charge on any atom is -0.299 e. The molecule has 1 fully saturated rings. The summed E-state index contributed by atoms with van der Waals surface area (Å²) in [7, 11) is 0. The van der Waals surface area contributed by atoms with Crippen LogP contribution in [0.2, 0.25) is 0 Å². The summed E-state index contributed by atoms with van der Waals surface area (Å²) < 4.78 is 24.8. The standard InChI is InChI=1S/C14H19F2N/c1-11-6-8-17(9-7-11)10-12-2-4-13(5-3-12)14(15)16/h2-5,11,14H,6-10H2,1H3. The highest BCUT2D eigenvalue weighted by Gasteiger charge is 2.15. The van der Waals surface area contributed by atoms with Crippen LogP contribution in [0.4, 0.5) is 8.78 Å². The zero-order valence-electron chi connectivity index (χ0n) is 10.2. The second-order valence-electron chi connectivity index (χ2n) is 5.00. The smallest absolute Gasteiger partial charge is 0.263 e. The molecule has 3 heteroatoms. The molecule has 94 valence electrons. The molecule has 0 atom stereocenters. The van der Waals surface area contributed by atoms with Gasteiger partial charge < -0.3 is 0 Å². The van der Waals surface area contributed by atoms with Gasteiger partial charge in [-0.2, -0.15) is 0 Å². The summed E-state index contributed by atoms with van der Waals surface area (Å²) in [6.45, 7) is 5.42. The first-order chi connectivity index (χ1) is 8.15. The normalized spacial score (nSPS) is 18.8. The van der Waals surface area contributed by atoms with E-state index in [2.05, 4.69) is 11.8 Å². The molecule has 2 rings (SSSR count). The van der Waals surface area contributed by atoms with Crippen molar-refractivity contribution in [2.75, 3.05) is 13.1 Å². The molecule has 1 aromatic rings. The van der Waals surface area contributed by atoms with Crippen LogP contribution in [0.5, 0.6) is 0 Å². The topological polar surface area (TPSA) is 3.24 Å². The SMILES string of the molecule is CC1CCN(Cc2ccc(C(F)F)cc2)CC1. The molecule has 1 saturated heterocycles. The Balaban J connectivity index is 1.90. The Morgan fingerprint density at radius 1 is 1.18 bits per heavy atom. The third-order valence-electron chi connectivity index (χ3n) is 3.51. The Labute approximate surface area is 101 Å². The number of piperidine rings is 1. The van der Waals surface area contributed by atoms with E-state index >= 15 is 0 Å². The molecule has 0 radical (unpaired) electrons. The van der Waals surface area contributed by atoms with Crippen LogP contribution in [0, 0.1) is 5.92 Å². The van der Waals surface area contributed by atoms with Gasteiger partial charge in [0, 0.05) is 12.1 Å². The molecule has 0 unspecified atom stereocenters. The van der Waals surface area contributed by atoms with Gasteiger partial charge in [0.1, 0.15) is 0 Å². The first kappa shape index (κ1) is 12.5. The molecular weight excluding hydrogens is 220 g/mol. The summed E-state index contributed by atoms with van der Waals surface area (Å²) in [6, 6.07) is 6.71. The minimum atomic E-state index is -2.36. The molecule has 1 nitrogen and oxygen atoms in total. The molecule has 0 saturated carbocycles. The van der Waals surface area contributed by atoms with Crippen LogP contribution in [0.3, 0.4) is 0 Å². The largest absolute Gasteiger partial charge is 0.299 e. The van der Waals surface area contributed by atoms with Gasteiger partial charge in [-0.05, 0) is 37.4 Å². The fourth-order valence-corrected chi connectivity index (χ4v) is 2.25. The number of hydrogen-bond acceptors (Lipinski definition) is 1. The van der Waals surface area contributed by atoms with Crippen molar-refractivity contribution in [3.63, 3.8) is 0 Å². The van der Waals surface area contributed by atoms with Crippen molar-refractivity contribution in [2.45, 2.75) is 32.7 Å². The quantitative estimate of drug-likeness (QED) is 0.774. The van der Waals surface area contributed by atoms with Crippen LogP contribution < -0.4 is 0 Å². The van der Waals surface area contributed by atoms with Crippen LogP contribution in [-0.2, 0) is 6.54 Å². The first-order valence-electron chi connectivity index (χ1n) is 6.24. The predicted octanol–water partition coefficient (Wildman–Crippen LogP) is 3.86. The van der Waals surface area contributed by atoms with Crippen molar-refractivity contribution in [2.24, 2.45) is 5.92 Å². The van der Waals surface area contributed by atoms with E-state index in [-0.39, 0.29) is 5.56 Å². The summed E-state index contributed by atoms with van der Waals surface area (Å²) in [6.07, 6.45) is 0.129. The van der Waals surface area contributed by atoms with Crippen molar-refractivity contribution < 1.29 is 8.78 Å². The average molecular weight is 239 g/mol. The lowest BCUT2D eigenvalue weighted by molar-refractivity contribution is 0.151. The summed E-state index contributed by atoms with van der Waals surface area (Å²) in [5, 5.41) is 0. The minimum absolute atomic E-state index is 0.112. The lowest BCUT2D eigenvalue weighted by atomic mass is 9.99. The van der Waals surface area contributed by atoms with Crippen molar-refractivity contribution in [3.8, 4) is 0 Å². The Morgan fingerprint density at radius 3 is 2.29 bits per heavy atom. The number of hydrogen-bond donors (Lipinski definition) is 0. The molecule has 1 aromatic carbocycles. The third-order valence-corrected chi connectivity index (χ3v) is 3.51. The lowest BCUT2D eigenvalue weighted by Crippen LogP contribution is -2.32. The van der Waals surface area contributed by atoms with Crippen LogP contribution in [0.1, 0.15) is 37.3 Å². The summed E-state index contributed by atoms with van der Waals surface area (Å²) in [5.41, 5.74) is 1.24. The van der Waals surface area contributed by atoms with Crippen molar-refractivity contribution in [3.05, 3.63) is 35.4 Å². The monoisotopic (exact) mass is 239 g/mol. The van der Waals surface area contributed by atoms with Gasteiger partial charge in [-0.15, -0.1) is 0 Å². The maximum absolute atomic E-state index is 12.4. The van der Waals surface area contributed by atoms with E-state index < -0.39 is 6.43 Å². The number of nitrogens with zero attached hydrogens (tertiary/aromatic N) is 1. The third kappa shape index (κ3) is 3.50. The van der Waals surface area contributed by atoms with E-state index in [0.717, 1.165) is 31.1 Å². The van der Waals surface area contributed by atoms with E-state index in [1.807, 2.05) is 12.1 Å². The summed E-state index contributed by atoms with van der Waals surface area (Å²) >= 11 is 0. The van der Waals surface area contributed by atoms with Crippen LogP contribution in [0.25, 0.3) is 0 Å². The average Bonchev–Trinajstić information content (AvgIpc) is 2.33. The van der Waals surface area contributed by atoms with Crippen LogP contribution in [0.15, 0.2) is 24.3 Å². The number of rotatable bonds is 3. The molecule has 1 heterocycles. The Bertz CT molecular complexity index is 340. The molecule has 17 heavy (non-hydrogen) atoms. The highest BCUT2D eigenvalue weighted by atomic mass is 19.3. The number of likely N-dealkylation sites (tertiary alicyclic amines) is 1. The zero-order chi connectivity index (χ0) is 12.3. The van der Waals surface area contributed by atoms with Gasteiger partial charge in [0.25, 0.3) is 6.43 Å². The Kier molecular flexibility index (Phi) is 4.11. The lowest BCUT2D eigenvalue weighted by Gasteiger charge is -2.30. The molecule has 0 aromatic heterocycles. The highest BCUT2D eigenvalue weighted by molar-refractivity contribution is 5.23. The van der Waals surface area contributed by atoms with Crippen molar-refractivity contribution in [1.82, 2.24) is 4.90 Å². The fraction of sp³-hybridized carbons (Fsp3) is 0.571. The van der Waals surface area contributed by atoms with Gasteiger partial charge in [-0.25, -0.2) is 8.78 Å². The second kappa shape index (κ2) is 5.58. The van der Waals surface area contributed by atoms with E-state index in [1.54, 1.807) is 0 Å². The Morgan fingerprint density at radius 2 is 1.76 bits per heavy atom. The maximum atomic E-state index is 12.4. The van der Waals surface area contributed by atoms with Crippen molar-refractivity contribution >= 4 is 0 Å². The molecule has 0 spiro atoms. The molecule has 0 bridgehead atoms. The highest BCUT2D eigenvalue weighted by Crippen LogP contribution is 2.21.